The Balaban J connectivity index is 1.28. The van der Waals surface area contributed by atoms with E-state index in [0.717, 1.165) is 85.5 Å². The predicted molar refractivity (Wildman–Crippen MR) is 158 cm³/mol. The number of thiophene rings is 1. The Hall–Kier alpha value is -3.53. The van der Waals surface area contributed by atoms with E-state index in [4.69, 9.17) is 4.74 Å². The van der Waals surface area contributed by atoms with Crippen LogP contribution in [0.1, 0.15) is 68.0 Å². The van der Waals surface area contributed by atoms with Gasteiger partial charge in [0.1, 0.15) is 10.8 Å². The molecule has 2 amide bonds. The SMILES string of the molecule is COc1ccc(/C=N/NC(=O)c2c(NC(=O)c3cccc(CN4CCC(CO)CC4)c3)sc3c2CCCC3)cc1. The topological polar surface area (TPSA) is 103 Å². The molecule has 0 bridgehead atoms. The molecule has 1 aliphatic heterocycles. The Bertz CT molecular complexity index is 1360. The second-order valence-electron chi connectivity index (χ2n) is 10.4. The predicted octanol–water partition coefficient (Wildman–Crippen LogP) is 4.86. The van der Waals surface area contributed by atoms with Crippen molar-refractivity contribution in [2.45, 2.75) is 45.1 Å². The number of benzene rings is 2. The van der Waals surface area contributed by atoms with E-state index in [0.29, 0.717) is 22.0 Å². The molecule has 0 unspecified atom stereocenters. The number of hydrazone groups is 1. The largest absolute Gasteiger partial charge is 0.497 e. The van der Waals surface area contributed by atoms with E-state index in [1.54, 1.807) is 13.3 Å². The zero-order valence-corrected chi connectivity index (χ0v) is 23.6. The number of anilines is 1. The van der Waals surface area contributed by atoms with Gasteiger partial charge < -0.3 is 15.2 Å². The first-order chi connectivity index (χ1) is 19.5. The van der Waals surface area contributed by atoms with Crippen molar-refractivity contribution in [3.05, 3.63) is 81.2 Å². The molecule has 1 fully saturated rings. The summed E-state index contributed by atoms with van der Waals surface area (Å²) in [7, 11) is 1.61. The molecule has 0 radical (unpaired) electrons. The molecule has 40 heavy (non-hydrogen) atoms. The van der Waals surface area contributed by atoms with Gasteiger partial charge in [-0.25, -0.2) is 5.43 Å². The molecule has 1 aromatic heterocycles. The Morgan fingerprint density at radius 3 is 2.62 bits per heavy atom. The average molecular weight is 561 g/mol. The van der Waals surface area contributed by atoms with Crippen molar-refractivity contribution in [1.82, 2.24) is 10.3 Å². The summed E-state index contributed by atoms with van der Waals surface area (Å²) in [5.74, 6) is 0.596. The number of nitrogens with one attached hydrogen (secondary N) is 2. The first-order valence-electron chi connectivity index (χ1n) is 13.9. The van der Waals surface area contributed by atoms with Gasteiger partial charge in [0.2, 0.25) is 0 Å². The zero-order chi connectivity index (χ0) is 27.9. The van der Waals surface area contributed by atoms with Gasteiger partial charge in [-0.3, -0.25) is 14.5 Å². The Kier molecular flexibility index (Phi) is 9.26. The first kappa shape index (κ1) is 28.0. The number of carbonyl (C=O) groups excluding carboxylic acids is 2. The highest BCUT2D eigenvalue weighted by atomic mass is 32.1. The maximum Gasteiger partial charge on any atom is 0.274 e. The number of ether oxygens (including phenoxy) is 1. The van der Waals surface area contributed by atoms with Gasteiger partial charge in [0.15, 0.2) is 0 Å². The molecule has 9 heteroatoms. The van der Waals surface area contributed by atoms with E-state index in [1.165, 1.54) is 11.3 Å². The Morgan fingerprint density at radius 2 is 1.88 bits per heavy atom. The number of aliphatic hydroxyl groups is 1. The Labute approximate surface area is 239 Å². The van der Waals surface area contributed by atoms with Crippen LogP contribution in [0.3, 0.4) is 0 Å². The molecule has 0 saturated carbocycles. The smallest absolute Gasteiger partial charge is 0.274 e. The summed E-state index contributed by atoms with van der Waals surface area (Å²) >= 11 is 1.49. The lowest BCUT2D eigenvalue weighted by Crippen LogP contribution is -2.34. The van der Waals surface area contributed by atoms with Gasteiger partial charge in [0, 0.05) is 23.6 Å². The number of aryl methyl sites for hydroxylation is 1. The fourth-order valence-electron chi connectivity index (χ4n) is 5.38. The van der Waals surface area contributed by atoms with Crippen LogP contribution in [0.4, 0.5) is 5.00 Å². The number of methoxy groups -OCH3 is 1. The van der Waals surface area contributed by atoms with Crippen molar-refractivity contribution in [3.63, 3.8) is 0 Å². The van der Waals surface area contributed by atoms with Crippen molar-refractivity contribution in [2.24, 2.45) is 11.0 Å². The van der Waals surface area contributed by atoms with Gasteiger partial charge in [-0.1, -0.05) is 12.1 Å². The highest BCUT2D eigenvalue weighted by Gasteiger charge is 2.27. The number of likely N-dealkylation sites (tertiary alicyclic amines) is 1. The van der Waals surface area contributed by atoms with Crippen LogP contribution in [-0.2, 0) is 19.4 Å². The molecule has 1 saturated heterocycles. The van der Waals surface area contributed by atoms with Crippen LogP contribution in [0.5, 0.6) is 5.75 Å². The summed E-state index contributed by atoms with van der Waals surface area (Å²) in [4.78, 5) is 30.2. The minimum absolute atomic E-state index is 0.227. The van der Waals surface area contributed by atoms with Gasteiger partial charge in [-0.2, -0.15) is 5.10 Å². The fourth-order valence-corrected chi connectivity index (χ4v) is 6.66. The monoisotopic (exact) mass is 560 g/mol. The van der Waals surface area contributed by atoms with E-state index in [-0.39, 0.29) is 18.4 Å². The maximum atomic E-state index is 13.4. The lowest BCUT2D eigenvalue weighted by atomic mass is 9.95. The summed E-state index contributed by atoms with van der Waals surface area (Å²) in [6.07, 6.45) is 7.40. The van der Waals surface area contributed by atoms with Crippen LogP contribution >= 0.6 is 11.3 Å². The average Bonchev–Trinajstić information content (AvgIpc) is 3.36. The van der Waals surface area contributed by atoms with Crippen LogP contribution in [-0.4, -0.2) is 54.8 Å². The van der Waals surface area contributed by atoms with Gasteiger partial charge >= 0.3 is 0 Å². The second-order valence-corrected chi connectivity index (χ2v) is 11.5. The molecule has 210 valence electrons. The number of aliphatic hydroxyl groups excluding tert-OH is 1. The summed E-state index contributed by atoms with van der Waals surface area (Å²) in [6.45, 7) is 2.92. The molecule has 0 atom stereocenters. The van der Waals surface area contributed by atoms with Gasteiger partial charge in [-0.05, 0) is 111 Å². The molecule has 1 aliphatic carbocycles. The number of fused-ring (bicyclic) bond motifs is 1. The summed E-state index contributed by atoms with van der Waals surface area (Å²) in [5, 5.41) is 17.2. The third-order valence-electron chi connectivity index (χ3n) is 7.68. The minimum Gasteiger partial charge on any atom is -0.497 e. The van der Waals surface area contributed by atoms with E-state index < -0.39 is 0 Å². The van der Waals surface area contributed by atoms with Crippen molar-refractivity contribution in [2.75, 3.05) is 32.1 Å². The number of nitrogens with zero attached hydrogens (tertiary/aromatic N) is 2. The van der Waals surface area contributed by atoms with Crippen LogP contribution in [0.15, 0.2) is 53.6 Å². The summed E-state index contributed by atoms with van der Waals surface area (Å²) < 4.78 is 5.18. The third-order valence-corrected chi connectivity index (χ3v) is 8.89. The van der Waals surface area contributed by atoms with Gasteiger partial charge in [0.25, 0.3) is 11.8 Å². The summed E-state index contributed by atoms with van der Waals surface area (Å²) in [6, 6.07) is 15.1. The quantitative estimate of drug-likeness (QED) is 0.256. The normalized spacial score (nSPS) is 16.1. The molecule has 3 N–H and O–H groups in total. The van der Waals surface area contributed by atoms with E-state index >= 15 is 0 Å². The van der Waals surface area contributed by atoms with E-state index in [9.17, 15) is 14.7 Å². The molecule has 0 spiro atoms. The number of hydrogen-bond acceptors (Lipinski definition) is 7. The third kappa shape index (κ3) is 6.78. The van der Waals surface area contributed by atoms with Crippen molar-refractivity contribution in [3.8, 4) is 5.75 Å². The minimum atomic E-state index is -0.320. The lowest BCUT2D eigenvalue weighted by molar-refractivity contribution is 0.0955. The zero-order valence-electron chi connectivity index (χ0n) is 22.8. The van der Waals surface area contributed by atoms with Crippen molar-refractivity contribution in [1.29, 1.82) is 0 Å². The molecule has 3 aromatic rings. The molecule has 2 aliphatic rings. The highest BCUT2D eigenvalue weighted by molar-refractivity contribution is 7.17. The van der Waals surface area contributed by atoms with E-state index in [2.05, 4.69) is 20.7 Å². The van der Waals surface area contributed by atoms with Gasteiger partial charge in [-0.15, -0.1) is 11.3 Å². The van der Waals surface area contributed by atoms with Crippen molar-refractivity contribution < 1.29 is 19.4 Å². The standard InChI is InChI=1S/C31H36N4O4S/c1-39-25-11-9-21(10-12-25)18-32-34-30(38)28-26-7-2-3-8-27(26)40-31(28)33-29(37)24-6-4-5-23(17-24)19-35-15-13-22(20-36)14-16-35/h4-6,9-12,17-18,22,36H,2-3,7-8,13-16,19-20H2,1H3,(H,33,37)(H,34,38)/b32-18+. The summed E-state index contributed by atoms with van der Waals surface area (Å²) in [5.41, 5.74) is 6.67. The van der Waals surface area contributed by atoms with Crippen LogP contribution < -0.4 is 15.5 Å². The number of rotatable bonds is 9. The van der Waals surface area contributed by atoms with Crippen molar-refractivity contribution >= 4 is 34.4 Å². The molecular formula is C31H36N4O4S. The lowest BCUT2D eigenvalue weighted by Gasteiger charge is -2.31. The fraction of sp³-hybridized carbons (Fsp3) is 0.387. The Morgan fingerprint density at radius 1 is 1.10 bits per heavy atom. The van der Waals surface area contributed by atoms with Crippen LogP contribution in [0, 0.1) is 5.92 Å². The number of amides is 2. The number of piperidine rings is 1. The maximum absolute atomic E-state index is 13.4. The first-order valence-corrected chi connectivity index (χ1v) is 14.7. The molecule has 8 nitrogen and oxygen atoms in total. The molecular weight excluding hydrogens is 524 g/mol. The highest BCUT2D eigenvalue weighted by Crippen LogP contribution is 2.38. The van der Waals surface area contributed by atoms with Crippen LogP contribution in [0.25, 0.3) is 0 Å². The molecule has 5 rings (SSSR count). The molecule has 2 aromatic carbocycles. The van der Waals surface area contributed by atoms with Gasteiger partial charge in [0.05, 0.1) is 18.9 Å². The number of hydrogen-bond donors (Lipinski definition) is 3. The van der Waals surface area contributed by atoms with Crippen LogP contribution in [0.2, 0.25) is 0 Å². The molecule has 2 heterocycles. The van der Waals surface area contributed by atoms with E-state index in [1.807, 2.05) is 48.5 Å². The second kappa shape index (κ2) is 13.2. The number of carbonyl (C=O) groups is 2.